The smallest absolute Gasteiger partial charge is 0.344 e. The number of fused-ring (bicyclic) bond motifs is 3. The van der Waals surface area contributed by atoms with Crippen molar-refractivity contribution in [2.45, 2.75) is 26.4 Å². The second-order valence-electron chi connectivity index (χ2n) is 6.47. The largest absolute Gasteiger partial charge is 0.482 e. The quantitative estimate of drug-likeness (QED) is 0.417. The Bertz CT molecular complexity index is 963. The Morgan fingerprint density at radius 1 is 1.04 bits per heavy atom. The van der Waals surface area contributed by atoms with Gasteiger partial charge in [-0.2, -0.15) is 0 Å². The molecule has 0 spiro atoms. The monoisotopic (exact) mass is 326 g/mol. The molecule has 124 valence electrons. The van der Waals surface area contributed by atoms with Crippen molar-refractivity contribution in [2.24, 2.45) is 0 Å². The molecule has 5 nitrogen and oxygen atoms in total. The molecule has 0 saturated heterocycles. The highest BCUT2D eigenvalue weighted by Crippen LogP contribution is 2.26. The van der Waals surface area contributed by atoms with Crippen molar-refractivity contribution in [1.82, 2.24) is 0 Å². The van der Waals surface area contributed by atoms with Gasteiger partial charge in [-0.3, -0.25) is 0 Å². The fraction of sp³-hybridized carbons (Fsp3) is 0.263. The van der Waals surface area contributed by atoms with E-state index in [-0.39, 0.29) is 6.61 Å². The maximum absolute atomic E-state index is 12.0. The summed E-state index contributed by atoms with van der Waals surface area (Å²) in [6.45, 7) is 5.17. The zero-order valence-electron chi connectivity index (χ0n) is 13.8. The maximum atomic E-state index is 12.0. The highest BCUT2D eigenvalue weighted by atomic mass is 16.6. The predicted molar refractivity (Wildman–Crippen MR) is 91.3 cm³/mol. The van der Waals surface area contributed by atoms with Crippen LogP contribution in [0, 0.1) is 0 Å². The summed E-state index contributed by atoms with van der Waals surface area (Å²) in [6.07, 6.45) is 0. The molecule has 24 heavy (non-hydrogen) atoms. The van der Waals surface area contributed by atoms with Gasteiger partial charge in [-0.1, -0.05) is 18.2 Å². The van der Waals surface area contributed by atoms with Crippen LogP contribution in [0.25, 0.3) is 21.7 Å². The zero-order valence-corrected chi connectivity index (χ0v) is 13.8. The Morgan fingerprint density at radius 3 is 2.46 bits per heavy atom. The van der Waals surface area contributed by atoms with E-state index in [0.29, 0.717) is 16.7 Å². The van der Waals surface area contributed by atoms with Crippen molar-refractivity contribution >= 4 is 27.7 Å². The first-order valence-corrected chi connectivity index (χ1v) is 7.64. The maximum Gasteiger partial charge on any atom is 0.344 e. The summed E-state index contributed by atoms with van der Waals surface area (Å²) in [7, 11) is 0. The molecule has 5 heteroatoms. The summed E-state index contributed by atoms with van der Waals surface area (Å²) in [6, 6.07) is 12.4. The number of hydrogen-bond donors (Lipinski definition) is 0. The first-order chi connectivity index (χ1) is 11.3. The van der Waals surface area contributed by atoms with E-state index in [1.165, 1.54) is 0 Å². The lowest BCUT2D eigenvalue weighted by Crippen LogP contribution is -2.27. The van der Waals surface area contributed by atoms with Crippen molar-refractivity contribution in [3.63, 3.8) is 0 Å². The zero-order chi connectivity index (χ0) is 17.3. The highest BCUT2D eigenvalue weighted by Gasteiger charge is 2.16. The van der Waals surface area contributed by atoms with Crippen molar-refractivity contribution in [3.8, 4) is 5.75 Å². The van der Waals surface area contributed by atoms with E-state index >= 15 is 0 Å². The van der Waals surface area contributed by atoms with Crippen LogP contribution in [-0.2, 0) is 9.53 Å². The second kappa shape index (κ2) is 6.00. The molecule has 0 saturated carbocycles. The molecule has 1 heterocycles. The van der Waals surface area contributed by atoms with Gasteiger partial charge in [0.05, 0.1) is 5.39 Å². The van der Waals surface area contributed by atoms with E-state index < -0.39 is 17.2 Å². The Balaban J connectivity index is 1.88. The molecule has 0 unspecified atom stereocenters. The Hall–Kier alpha value is -2.82. The Morgan fingerprint density at radius 2 is 1.75 bits per heavy atom. The van der Waals surface area contributed by atoms with Crippen LogP contribution in [0.2, 0.25) is 0 Å². The summed E-state index contributed by atoms with van der Waals surface area (Å²) in [5, 5.41) is 2.17. The van der Waals surface area contributed by atoms with E-state index in [4.69, 9.17) is 13.9 Å². The van der Waals surface area contributed by atoms with Gasteiger partial charge in [-0.25, -0.2) is 9.59 Å². The SMILES string of the molecule is CC(C)(C)OC(=O)COc1ccc2c(c1)oc(=O)c1ccccc12. The van der Waals surface area contributed by atoms with Crippen LogP contribution in [0.5, 0.6) is 5.75 Å². The fourth-order valence-corrected chi connectivity index (χ4v) is 2.46. The topological polar surface area (TPSA) is 65.7 Å². The van der Waals surface area contributed by atoms with E-state index in [2.05, 4.69) is 0 Å². The summed E-state index contributed by atoms with van der Waals surface area (Å²) in [5.41, 5.74) is -0.544. The van der Waals surface area contributed by atoms with Gasteiger partial charge in [0, 0.05) is 11.5 Å². The van der Waals surface area contributed by atoms with E-state index in [0.717, 1.165) is 10.8 Å². The van der Waals surface area contributed by atoms with Crippen LogP contribution >= 0.6 is 0 Å². The number of hydrogen-bond acceptors (Lipinski definition) is 5. The third kappa shape index (κ3) is 3.40. The summed E-state index contributed by atoms with van der Waals surface area (Å²) < 4.78 is 16.0. The lowest BCUT2D eigenvalue weighted by molar-refractivity contribution is -0.157. The number of carbonyl (C=O) groups is 1. The van der Waals surface area contributed by atoms with Crippen LogP contribution in [0.3, 0.4) is 0 Å². The molecular weight excluding hydrogens is 308 g/mol. The average Bonchev–Trinajstić information content (AvgIpc) is 2.51. The molecule has 1 aromatic heterocycles. The number of rotatable bonds is 3. The Labute approximate surface area is 138 Å². The molecule has 3 rings (SSSR count). The van der Waals surface area contributed by atoms with Crippen LogP contribution in [-0.4, -0.2) is 18.2 Å². The first-order valence-electron chi connectivity index (χ1n) is 7.64. The number of benzene rings is 2. The third-order valence-corrected chi connectivity index (χ3v) is 3.37. The van der Waals surface area contributed by atoms with Gasteiger partial charge in [0.25, 0.3) is 0 Å². The summed E-state index contributed by atoms with van der Waals surface area (Å²) in [4.78, 5) is 23.7. The lowest BCUT2D eigenvalue weighted by Gasteiger charge is -2.19. The number of carbonyl (C=O) groups excluding carboxylic acids is 1. The average molecular weight is 326 g/mol. The van der Waals surface area contributed by atoms with Gasteiger partial charge in [0.1, 0.15) is 16.9 Å². The second-order valence-corrected chi connectivity index (χ2v) is 6.47. The van der Waals surface area contributed by atoms with Gasteiger partial charge in [0.2, 0.25) is 0 Å². The highest BCUT2D eigenvalue weighted by molar-refractivity contribution is 6.04. The molecule has 2 aromatic carbocycles. The molecule has 0 aliphatic rings. The van der Waals surface area contributed by atoms with E-state index in [1.54, 1.807) is 45.0 Å². The van der Waals surface area contributed by atoms with Crippen LogP contribution in [0.4, 0.5) is 0 Å². The van der Waals surface area contributed by atoms with Crippen LogP contribution in [0.1, 0.15) is 20.8 Å². The van der Waals surface area contributed by atoms with Crippen molar-refractivity contribution in [2.75, 3.05) is 6.61 Å². The standard InChI is InChI=1S/C19H18O5/c1-19(2,3)24-17(20)11-22-12-8-9-14-13-6-4-5-7-15(13)18(21)23-16(14)10-12/h4-10H,11H2,1-3H3. The van der Waals surface area contributed by atoms with Gasteiger partial charge < -0.3 is 13.9 Å². The first kappa shape index (κ1) is 16.1. The normalized spacial score (nSPS) is 11.6. The van der Waals surface area contributed by atoms with Crippen molar-refractivity contribution in [3.05, 3.63) is 52.9 Å². The molecule has 0 bridgehead atoms. The molecular formula is C19H18O5. The third-order valence-electron chi connectivity index (χ3n) is 3.37. The summed E-state index contributed by atoms with van der Waals surface area (Å²) in [5.74, 6) is -0.0191. The van der Waals surface area contributed by atoms with Crippen molar-refractivity contribution in [1.29, 1.82) is 0 Å². The Kier molecular flexibility index (Phi) is 4.01. The van der Waals surface area contributed by atoms with Crippen LogP contribution in [0.15, 0.2) is 51.7 Å². The van der Waals surface area contributed by atoms with E-state index in [9.17, 15) is 9.59 Å². The van der Waals surface area contributed by atoms with Crippen molar-refractivity contribution < 1.29 is 18.7 Å². The molecule has 0 amide bonds. The van der Waals surface area contributed by atoms with Gasteiger partial charge >= 0.3 is 11.6 Å². The minimum absolute atomic E-state index is 0.208. The van der Waals surface area contributed by atoms with Gasteiger partial charge in [-0.05, 0) is 44.4 Å². The molecule has 0 N–H and O–H groups in total. The molecule has 0 aliphatic heterocycles. The molecule has 0 aliphatic carbocycles. The lowest BCUT2D eigenvalue weighted by atomic mass is 10.1. The molecule has 3 aromatic rings. The predicted octanol–water partition coefficient (Wildman–Crippen LogP) is 3.67. The minimum atomic E-state index is -0.560. The fourth-order valence-electron chi connectivity index (χ4n) is 2.46. The number of esters is 1. The molecule has 0 radical (unpaired) electrons. The minimum Gasteiger partial charge on any atom is -0.482 e. The van der Waals surface area contributed by atoms with Gasteiger partial charge in [-0.15, -0.1) is 0 Å². The van der Waals surface area contributed by atoms with Gasteiger partial charge in [0.15, 0.2) is 6.61 Å². The number of ether oxygens (including phenoxy) is 2. The van der Waals surface area contributed by atoms with Crippen LogP contribution < -0.4 is 10.4 Å². The summed E-state index contributed by atoms with van der Waals surface area (Å²) >= 11 is 0. The van der Waals surface area contributed by atoms with E-state index in [1.807, 2.05) is 18.2 Å². The molecule has 0 fully saturated rings. The molecule has 0 atom stereocenters.